The fourth-order valence-electron chi connectivity index (χ4n) is 3.09. The second-order valence-electron chi connectivity index (χ2n) is 5.80. The Morgan fingerprint density at radius 1 is 1.32 bits per heavy atom. The minimum absolute atomic E-state index is 0.230. The molecule has 0 fully saturated rings. The molecule has 0 radical (unpaired) electrons. The number of hydrogen-bond donors (Lipinski definition) is 0. The fourth-order valence-corrected chi connectivity index (χ4v) is 3.09. The Balaban J connectivity index is 1.93. The summed E-state index contributed by atoms with van der Waals surface area (Å²) in [6, 6.07) is 7.58. The lowest BCUT2D eigenvalue weighted by molar-refractivity contribution is 0.0600. The number of esters is 1. The summed E-state index contributed by atoms with van der Waals surface area (Å²) in [7, 11) is 5.33. The average Bonchev–Trinajstić information content (AvgIpc) is 2.98. The number of ether oxygens (including phenoxy) is 1. The van der Waals surface area contributed by atoms with Gasteiger partial charge in [-0.3, -0.25) is 0 Å². The van der Waals surface area contributed by atoms with Crippen molar-refractivity contribution in [3.63, 3.8) is 0 Å². The summed E-state index contributed by atoms with van der Waals surface area (Å²) in [4.78, 5) is 13.5. The maximum absolute atomic E-state index is 11.5. The number of aromatic nitrogens is 1. The Morgan fingerprint density at radius 3 is 2.68 bits per heavy atom. The zero-order valence-corrected chi connectivity index (χ0v) is 13.1. The van der Waals surface area contributed by atoms with Gasteiger partial charge in [-0.05, 0) is 37.0 Å². The highest BCUT2D eigenvalue weighted by molar-refractivity contribution is 5.89. The molecular weight excluding hydrogens is 280 g/mol. The first-order valence-corrected chi connectivity index (χ1v) is 7.46. The van der Waals surface area contributed by atoms with E-state index in [9.17, 15) is 4.79 Å². The molecule has 1 atom stereocenters. The van der Waals surface area contributed by atoms with Crippen molar-refractivity contribution in [1.29, 1.82) is 0 Å². The number of carbonyl (C=O) groups is 1. The van der Waals surface area contributed by atoms with Crippen molar-refractivity contribution in [3.8, 4) is 0 Å². The molecule has 116 valence electrons. The van der Waals surface area contributed by atoms with E-state index in [-0.39, 0.29) is 11.9 Å². The van der Waals surface area contributed by atoms with Crippen LogP contribution >= 0.6 is 0 Å². The van der Waals surface area contributed by atoms with Crippen LogP contribution < -0.4 is 4.90 Å². The number of carbonyl (C=O) groups excluding carboxylic acids is 1. The highest BCUT2D eigenvalue weighted by Gasteiger charge is 2.29. The second kappa shape index (κ2) is 5.83. The van der Waals surface area contributed by atoms with Gasteiger partial charge in [0.1, 0.15) is 0 Å². The Morgan fingerprint density at radius 2 is 2.05 bits per heavy atom. The normalized spacial score (nSPS) is 17.0. The molecule has 0 saturated carbocycles. The lowest BCUT2D eigenvalue weighted by atomic mass is 9.82. The van der Waals surface area contributed by atoms with Crippen LogP contribution in [0.2, 0.25) is 0 Å². The molecule has 1 unspecified atom stereocenters. The fraction of sp³-hybridized carbons (Fsp3) is 0.412. The zero-order chi connectivity index (χ0) is 15.7. The molecule has 0 aliphatic heterocycles. The smallest absolute Gasteiger partial charge is 0.337 e. The van der Waals surface area contributed by atoms with Crippen LogP contribution in [0.1, 0.15) is 45.9 Å². The van der Waals surface area contributed by atoms with Crippen molar-refractivity contribution < 1.29 is 14.1 Å². The van der Waals surface area contributed by atoms with Crippen LogP contribution in [0.4, 0.5) is 5.88 Å². The number of hydrogen-bond acceptors (Lipinski definition) is 5. The van der Waals surface area contributed by atoms with E-state index in [4.69, 9.17) is 9.26 Å². The van der Waals surface area contributed by atoms with Crippen molar-refractivity contribution in [2.24, 2.45) is 0 Å². The predicted octanol–water partition coefficient (Wildman–Crippen LogP) is 3.00. The molecule has 0 bridgehead atoms. The molecule has 1 aromatic carbocycles. The van der Waals surface area contributed by atoms with Gasteiger partial charge in [0.2, 0.25) is 5.88 Å². The Labute approximate surface area is 129 Å². The highest BCUT2D eigenvalue weighted by atomic mass is 16.5. The summed E-state index contributed by atoms with van der Waals surface area (Å²) < 4.78 is 10.2. The predicted molar refractivity (Wildman–Crippen MR) is 83.4 cm³/mol. The molecule has 0 N–H and O–H groups in total. The van der Waals surface area contributed by atoms with E-state index in [0.29, 0.717) is 5.56 Å². The summed E-state index contributed by atoms with van der Waals surface area (Å²) in [6.45, 7) is 0. The van der Waals surface area contributed by atoms with Crippen molar-refractivity contribution >= 4 is 11.9 Å². The van der Waals surface area contributed by atoms with E-state index >= 15 is 0 Å². The van der Waals surface area contributed by atoms with Crippen LogP contribution in [0, 0.1) is 0 Å². The van der Waals surface area contributed by atoms with Crippen LogP contribution in [0.5, 0.6) is 0 Å². The quantitative estimate of drug-likeness (QED) is 0.816. The number of anilines is 1. The van der Waals surface area contributed by atoms with Crippen LogP contribution in [0.25, 0.3) is 0 Å². The lowest BCUT2D eigenvalue weighted by Gasteiger charge is -2.22. The number of rotatable bonds is 3. The molecule has 1 aliphatic rings. The topological polar surface area (TPSA) is 55.6 Å². The van der Waals surface area contributed by atoms with E-state index in [1.165, 1.54) is 12.7 Å². The molecule has 1 aliphatic carbocycles. The van der Waals surface area contributed by atoms with Gasteiger partial charge >= 0.3 is 5.97 Å². The third-order valence-corrected chi connectivity index (χ3v) is 4.19. The molecule has 3 rings (SSSR count). The molecule has 0 amide bonds. The SMILES string of the molecule is COC(=O)c1ccc(C2CCCc3c2noc3N(C)C)cc1. The van der Waals surface area contributed by atoms with Gasteiger partial charge in [0.15, 0.2) is 0 Å². The average molecular weight is 300 g/mol. The molecule has 5 nitrogen and oxygen atoms in total. The van der Waals surface area contributed by atoms with E-state index < -0.39 is 0 Å². The molecule has 0 spiro atoms. The van der Waals surface area contributed by atoms with Crippen molar-refractivity contribution in [3.05, 3.63) is 46.6 Å². The van der Waals surface area contributed by atoms with Gasteiger partial charge in [-0.2, -0.15) is 0 Å². The first kappa shape index (κ1) is 14.6. The molecule has 1 aromatic heterocycles. The van der Waals surface area contributed by atoms with Gasteiger partial charge in [0.25, 0.3) is 0 Å². The minimum Gasteiger partial charge on any atom is -0.465 e. The third-order valence-electron chi connectivity index (χ3n) is 4.19. The van der Waals surface area contributed by atoms with Gasteiger partial charge in [-0.15, -0.1) is 0 Å². The Bertz CT molecular complexity index is 674. The van der Waals surface area contributed by atoms with Crippen molar-refractivity contribution in [2.75, 3.05) is 26.1 Å². The van der Waals surface area contributed by atoms with Crippen molar-refractivity contribution in [2.45, 2.75) is 25.2 Å². The van der Waals surface area contributed by atoms with E-state index in [2.05, 4.69) is 5.16 Å². The van der Waals surface area contributed by atoms with Gasteiger partial charge < -0.3 is 14.2 Å². The molecule has 22 heavy (non-hydrogen) atoms. The highest BCUT2D eigenvalue weighted by Crippen LogP contribution is 2.39. The van der Waals surface area contributed by atoms with Crippen LogP contribution in [-0.2, 0) is 11.2 Å². The first-order chi connectivity index (χ1) is 10.6. The monoisotopic (exact) mass is 300 g/mol. The summed E-state index contributed by atoms with van der Waals surface area (Å²) in [5.41, 5.74) is 3.96. The zero-order valence-electron chi connectivity index (χ0n) is 13.1. The summed E-state index contributed by atoms with van der Waals surface area (Å²) >= 11 is 0. The van der Waals surface area contributed by atoms with Gasteiger partial charge in [0.05, 0.1) is 18.4 Å². The van der Waals surface area contributed by atoms with Gasteiger partial charge in [-0.25, -0.2) is 4.79 Å². The molecular formula is C17H20N2O3. The van der Waals surface area contributed by atoms with E-state index in [1.54, 1.807) is 0 Å². The summed E-state index contributed by atoms with van der Waals surface area (Å²) in [5.74, 6) is 0.769. The molecule has 2 aromatic rings. The van der Waals surface area contributed by atoms with E-state index in [0.717, 1.165) is 36.4 Å². The largest absolute Gasteiger partial charge is 0.465 e. The third kappa shape index (κ3) is 2.47. The molecule has 0 saturated heterocycles. The number of benzene rings is 1. The maximum atomic E-state index is 11.5. The van der Waals surface area contributed by atoms with E-state index in [1.807, 2.05) is 43.3 Å². The Hall–Kier alpha value is -2.30. The first-order valence-electron chi connectivity index (χ1n) is 7.46. The maximum Gasteiger partial charge on any atom is 0.337 e. The standard InChI is InChI=1S/C17H20N2O3/c1-19(2)16-14-6-4-5-13(15(14)18-22-16)11-7-9-12(10-8-11)17(20)21-3/h7-10,13H,4-6H2,1-3H3. The Kier molecular flexibility index (Phi) is 3.88. The number of nitrogens with zero attached hydrogens (tertiary/aromatic N) is 2. The molecule has 1 heterocycles. The van der Waals surface area contributed by atoms with Crippen molar-refractivity contribution in [1.82, 2.24) is 5.16 Å². The van der Waals surface area contributed by atoms with Crippen LogP contribution in [-0.4, -0.2) is 32.3 Å². The van der Waals surface area contributed by atoms with Gasteiger partial charge in [-0.1, -0.05) is 17.3 Å². The molecule has 5 heteroatoms. The number of methoxy groups -OCH3 is 1. The van der Waals surface area contributed by atoms with Crippen LogP contribution in [0.15, 0.2) is 28.8 Å². The summed E-state index contributed by atoms with van der Waals surface area (Å²) in [5, 5.41) is 4.30. The lowest BCUT2D eigenvalue weighted by Crippen LogP contribution is -2.14. The summed E-state index contributed by atoms with van der Waals surface area (Å²) in [6.07, 6.45) is 3.16. The number of fused-ring (bicyclic) bond motifs is 1. The second-order valence-corrected chi connectivity index (χ2v) is 5.80. The van der Waals surface area contributed by atoms with Crippen LogP contribution in [0.3, 0.4) is 0 Å². The minimum atomic E-state index is -0.313. The van der Waals surface area contributed by atoms with Gasteiger partial charge in [0, 0.05) is 25.6 Å².